The van der Waals surface area contributed by atoms with Crippen LogP contribution in [-0.2, 0) is 33.2 Å². The highest BCUT2D eigenvalue weighted by Crippen LogP contribution is 2.37. The van der Waals surface area contributed by atoms with Gasteiger partial charge in [-0.15, -0.1) is 0 Å². The molecule has 1 saturated carbocycles. The van der Waals surface area contributed by atoms with E-state index in [2.05, 4.69) is 0 Å². The van der Waals surface area contributed by atoms with Crippen molar-refractivity contribution in [1.29, 1.82) is 0 Å². The molecule has 0 amide bonds. The summed E-state index contributed by atoms with van der Waals surface area (Å²) in [6.07, 6.45) is 7.98. The summed E-state index contributed by atoms with van der Waals surface area (Å²) in [6, 6.07) is 0. The molecule has 4 heterocycles. The molecule has 5 aliphatic rings. The van der Waals surface area contributed by atoms with E-state index in [4.69, 9.17) is 33.2 Å². The van der Waals surface area contributed by atoms with Crippen molar-refractivity contribution in [2.75, 3.05) is 66.1 Å². The molecule has 4 aliphatic heterocycles. The summed E-state index contributed by atoms with van der Waals surface area (Å²) in [5.41, 5.74) is 0.252. The summed E-state index contributed by atoms with van der Waals surface area (Å²) in [6.45, 7) is 8.19. The number of hydrogen-bond donors (Lipinski definition) is 0. The maximum Gasteiger partial charge on any atom is 0.104 e. The molecular formula is C20H34O7. The van der Waals surface area contributed by atoms with Gasteiger partial charge in [-0.3, -0.25) is 0 Å². The monoisotopic (exact) mass is 386 g/mol. The van der Waals surface area contributed by atoms with Crippen molar-refractivity contribution in [3.05, 3.63) is 0 Å². The van der Waals surface area contributed by atoms with Gasteiger partial charge in [0.25, 0.3) is 0 Å². The molecule has 0 N–H and O–H groups in total. The standard InChI is InChI=1S/C14H24O4.C6H10O3/c1-2-4-14(5-3-1,10-15-6-12-8-17-12)11-16-7-13-9-18-13;1(5-3-8-5)7-2-6-4-9-6/h12-13H,1-11H2;5-6H,1-4H2. The lowest BCUT2D eigenvalue weighted by atomic mass is 9.75. The second-order valence-electron chi connectivity index (χ2n) is 8.45. The molecule has 5 rings (SSSR count). The first-order chi connectivity index (χ1) is 13.3. The van der Waals surface area contributed by atoms with Crippen LogP contribution in [0, 0.1) is 5.41 Å². The lowest BCUT2D eigenvalue weighted by molar-refractivity contribution is -0.0469. The van der Waals surface area contributed by atoms with Crippen molar-refractivity contribution in [2.24, 2.45) is 5.41 Å². The topological polar surface area (TPSA) is 77.8 Å². The summed E-state index contributed by atoms with van der Waals surface area (Å²) in [5.74, 6) is 0. The quantitative estimate of drug-likeness (QED) is 0.471. The van der Waals surface area contributed by atoms with Crippen LogP contribution in [0.3, 0.4) is 0 Å². The van der Waals surface area contributed by atoms with E-state index in [9.17, 15) is 0 Å². The smallest absolute Gasteiger partial charge is 0.104 e. The minimum Gasteiger partial charge on any atom is -0.378 e. The van der Waals surface area contributed by atoms with Crippen molar-refractivity contribution in [3.8, 4) is 0 Å². The summed E-state index contributed by atoms with van der Waals surface area (Å²) < 4.78 is 37.2. The van der Waals surface area contributed by atoms with E-state index < -0.39 is 0 Å². The van der Waals surface area contributed by atoms with Crippen molar-refractivity contribution >= 4 is 0 Å². The van der Waals surface area contributed by atoms with Crippen LogP contribution < -0.4 is 0 Å². The SMILES string of the molecule is C(OCC1CO1)C1CO1.C1CCC(COCC2CO2)(COCC2CO2)CC1. The third-order valence-electron chi connectivity index (χ3n) is 5.56. The van der Waals surface area contributed by atoms with E-state index in [1.807, 2.05) is 0 Å². The van der Waals surface area contributed by atoms with Gasteiger partial charge in [0.15, 0.2) is 0 Å². The summed E-state index contributed by atoms with van der Waals surface area (Å²) in [5, 5.41) is 0. The van der Waals surface area contributed by atoms with E-state index in [0.717, 1.165) is 66.1 Å². The maximum atomic E-state index is 5.84. The molecule has 156 valence electrons. The fraction of sp³-hybridized carbons (Fsp3) is 1.00. The van der Waals surface area contributed by atoms with Crippen LogP contribution in [0.1, 0.15) is 32.1 Å². The second kappa shape index (κ2) is 9.96. The van der Waals surface area contributed by atoms with Gasteiger partial charge in [0, 0.05) is 5.41 Å². The van der Waals surface area contributed by atoms with Crippen LogP contribution in [0.5, 0.6) is 0 Å². The Morgan fingerprint density at radius 3 is 1.30 bits per heavy atom. The molecule has 0 aromatic carbocycles. The van der Waals surface area contributed by atoms with E-state index in [-0.39, 0.29) is 5.41 Å². The molecule has 0 spiro atoms. The molecule has 7 nitrogen and oxygen atoms in total. The Balaban J connectivity index is 0.000000167. The Labute approximate surface area is 161 Å². The van der Waals surface area contributed by atoms with Crippen LogP contribution in [0.4, 0.5) is 0 Å². The highest BCUT2D eigenvalue weighted by Gasteiger charge is 2.35. The fourth-order valence-corrected chi connectivity index (χ4v) is 3.43. The van der Waals surface area contributed by atoms with Crippen molar-refractivity contribution < 1.29 is 33.2 Å². The zero-order valence-electron chi connectivity index (χ0n) is 16.3. The Hall–Kier alpha value is -0.280. The van der Waals surface area contributed by atoms with Crippen LogP contribution >= 0.6 is 0 Å². The zero-order valence-corrected chi connectivity index (χ0v) is 16.3. The third kappa shape index (κ3) is 8.31. The van der Waals surface area contributed by atoms with Crippen molar-refractivity contribution in [1.82, 2.24) is 0 Å². The predicted molar refractivity (Wildman–Crippen MR) is 96.9 cm³/mol. The molecule has 0 aromatic heterocycles. The van der Waals surface area contributed by atoms with Gasteiger partial charge in [-0.2, -0.15) is 0 Å². The number of epoxide rings is 4. The largest absolute Gasteiger partial charge is 0.378 e. The number of rotatable bonds is 12. The average molecular weight is 386 g/mol. The molecule has 4 unspecified atom stereocenters. The molecule has 0 radical (unpaired) electrons. The molecule has 0 aromatic rings. The van der Waals surface area contributed by atoms with Gasteiger partial charge in [0.1, 0.15) is 24.4 Å². The van der Waals surface area contributed by atoms with E-state index in [0.29, 0.717) is 24.4 Å². The average Bonchev–Trinajstić information content (AvgIpc) is 3.51. The number of ether oxygens (including phenoxy) is 7. The van der Waals surface area contributed by atoms with Crippen LogP contribution in [-0.4, -0.2) is 90.5 Å². The Morgan fingerprint density at radius 2 is 0.926 bits per heavy atom. The minimum atomic E-state index is 0.252. The highest BCUT2D eigenvalue weighted by molar-refractivity contribution is 4.84. The second-order valence-corrected chi connectivity index (χ2v) is 8.45. The normalized spacial score (nSPS) is 35.1. The van der Waals surface area contributed by atoms with Crippen molar-refractivity contribution in [2.45, 2.75) is 56.5 Å². The first-order valence-electron chi connectivity index (χ1n) is 10.5. The van der Waals surface area contributed by atoms with Crippen LogP contribution in [0.2, 0.25) is 0 Å². The zero-order chi connectivity index (χ0) is 18.4. The van der Waals surface area contributed by atoms with Gasteiger partial charge in [-0.25, -0.2) is 0 Å². The Bertz CT molecular complexity index is 392. The fourth-order valence-electron chi connectivity index (χ4n) is 3.43. The summed E-state index contributed by atoms with van der Waals surface area (Å²) in [4.78, 5) is 0. The van der Waals surface area contributed by atoms with Crippen LogP contribution in [0.15, 0.2) is 0 Å². The molecule has 0 bridgehead atoms. The maximum absolute atomic E-state index is 5.84. The lowest BCUT2D eigenvalue weighted by Gasteiger charge is -2.36. The number of hydrogen-bond acceptors (Lipinski definition) is 7. The van der Waals surface area contributed by atoms with Gasteiger partial charge in [0.05, 0.1) is 66.1 Å². The molecule has 4 atom stereocenters. The van der Waals surface area contributed by atoms with Crippen LogP contribution in [0.25, 0.3) is 0 Å². The molecule has 7 heteroatoms. The van der Waals surface area contributed by atoms with Gasteiger partial charge < -0.3 is 33.2 Å². The van der Waals surface area contributed by atoms with E-state index >= 15 is 0 Å². The summed E-state index contributed by atoms with van der Waals surface area (Å²) in [7, 11) is 0. The predicted octanol–water partition coefficient (Wildman–Crippen LogP) is 1.57. The molecule has 1 aliphatic carbocycles. The lowest BCUT2D eigenvalue weighted by Crippen LogP contribution is -2.35. The highest BCUT2D eigenvalue weighted by atomic mass is 16.6. The first-order valence-corrected chi connectivity index (χ1v) is 10.5. The summed E-state index contributed by atoms with van der Waals surface area (Å²) >= 11 is 0. The van der Waals surface area contributed by atoms with Gasteiger partial charge in [-0.1, -0.05) is 19.3 Å². The Morgan fingerprint density at radius 1 is 0.556 bits per heavy atom. The van der Waals surface area contributed by atoms with Crippen molar-refractivity contribution in [3.63, 3.8) is 0 Å². The van der Waals surface area contributed by atoms with Gasteiger partial charge in [-0.05, 0) is 12.8 Å². The van der Waals surface area contributed by atoms with Gasteiger partial charge >= 0.3 is 0 Å². The molecule has 27 heavy (non-hydrogen) atoms. The molecular weight excluding hydrogens is 352 g/mol. The molecule has 5 fully saturated rings. The molecule has 4 saturated heterocycles. The van der Waals surface area contributed by atoms with E-state index in [1.165, 1.54) is 32.1 Å². The Kier molecular flexibility index (Phi) is 7.38. The van der Waals surface area contributed by atoms with E-state index in [1.54, 1.807) is 0 Å². The minimum absolute atomic E-state index is 0.252. The third-order valence-corrected chi connectivity index (χ3v) is 5.56. The van der Waals surface area contributed by atoms with Gasteiger partial charge in [0.2, 0.25) is 0 Å². The first kappa shape index (κ1) is 20.0.